The average Bonchev–Trinajstić information content (AvgIpc) is 2.40. The molecule has 0 bridgehead atoms. The molecular formula is C18H31NO. The summed E-state index contributed by atoms with van der Waals surface area (Å²) in [5, 5.41) is 3.43. The normalized spacial score (nSPS) is 12.7. The second-order valence-corrected chi connectivity index (χ2v) is 6.00. The smallest absolute Gasteiger partial charge is 0.122 e. The van der Waals surface area contributed by atoms with E-state index in [0.29, 0.717) is 5.92 Å². The summed E-state index contributed by atoms with van der Waals surface area (Å²) in [4.78, 5) is 0. The second kappa shape index (κ2) is 9.02. The Balaban J connectivity index is 2.44. The highest BCUT2D eigenvalue weighted by atomic mass is 16.5. The van der Waals surface area contributed by atoms with Crippen molar-refractivity contribution in [3.63, 3.8) is 0 Å². The van der Waals surface area contributed by atoms with Gasteiger partial charge in [-0.25, -0.2) is 0 Å². The van der Waals surface area contributed by atoms with Crippen LogP contribution in [0.2, 0.25) is 0 Å². The van der Waals surface area contributed by atoms with Crippen molar-refractivity contribution in [1.82, 2.24) is 5.32 Å². The molecule has 1 atom stereocenters. The predicted octanol–water partition coefficient (Wildman–Crippen LogP) is 4.67. The van der Waals surface area contributed by atoms with E-state index in [1.165, 1.54) is 24.0 Å². The van der Waals surface area contributed by atoms with Crippen molar-refractivity contribution in [2.24, 2.45) is 0 Å². The van der Waals surface area contributed by atoms with E-state index in [-0.39, 0.29) is 6.10 Å². The van der Waals surface area contributed by atoms with Crippen molar-refractivity contribution in [2.45, 2.75) is 65.9 Å². The molecule has 0 aliphatic heterocycles. The summed E-state index contributed by atoms with van der Waals surface area (Å²) in [7, 11) is 0. The lowest BCUT2D eigenvalue weighted by molar-refractivity contribution is 0.206. The zero-order chi connectivity index (χ0) is 15.0. The molecular weight excluding hydrogens is 246 g/mol. The molecule has 2 heteroatoms. The van der Waals surface area contributed by atoms with E-state index in [2.05, 4.69) is 58.1 Å². The molecule has 1 unspecified atom stereocenters. The van der Waals surface area contributed by atoms with Gasteiger partial charge in [0.15, 0.2) is 0 Å². The Morgan fingerprint density at radius 2 is 1.90 bits per heavy atom. The average molecular weight is 277 g/mol. The minimum Gasteiger partial charge on any atom is -0.490 e. The molecule has 0 aliphatic rings. The molecule has 114 valence electrons. The minimum absolute atomic E-state index is 0.277. The van der Waals surface area contributed by atoms with Gasteiger partial charge in [0.2, 0.25) is 0 Å². The SMILES string of the molecule is CCCNCCCC(C)Oc1cc(C(C)C)ccc1C. The maximum atomic E-state index is 6.11. The number of ether oxygens (including phenoxy) is 1. The number of rotatable bonds is 9. The molecule has 0 saturated heterocycles. The van der Waals surface area contributed by atoms with Gasteiger partial charge in [-0.2, -0.15) is 0 Å². The zero-order valence-corrected chi connectivity index (χ0v) is 13.8. The quantitative estimate of drug-likeness (QED) is 0.663. The van der Waals surface area contributed by atoms with E-state index in [1.54, 1.807) is 0 Å². The number of hydrogen-bond donors (Lipinski definition) is 1. The molecule has 0 fully saturated rings. The van der Waals surface area contributed by atoms with Crippen LogP contribution in [-0.2, 0) is 0 Å². The summed E-state index contributed by atoms with van der Waals surface area (Å²) >= 11 is 0. The minimum atomic E-state index is 0.277. The molecule has 1 aromatic rings. The van der Waals surface area contributed by atoms with Gasteiger partial charge in [-0.3, -0.25) is 0 Å². The number of nitrogens with one attached hydrogen (secondary N) is 1. The van der Waals surface area contributed by atoms with Gasteiger partial charge in [-0.1, -0.05) is 32.9 Å². The van der Waals surface area contributed by atoms with E-state index in [9.17, 15) is 0 Å². The highest BCUT2D eigenvalue weighted by molar-refractivity contribution is 5.37. The lowest BCUT2D eigenvalue weighted by Gasteiger charge is -2.18. The van der Waals surface area contributed by atoms with Crippen LogP contribution in [0, 0.1) is 6.92 Å². The van der Waals surface area contributed by atoms with Gasteiger partial charge in [0, 0.05) is 0 Å². The second-order valence-electron chi connectivity index (χ2n) is 6.00. The third-order valence-corrected chi connectivity index (χ3v) is 3.60. The largest absolute Gasteiger partial charge is 0.490 e. The molecule has 1 aromatic carbocycles. The fourth-order valence-electron chi connectivity index (χ4n) is 2.19. The fourth-order valence-corrected chi connectivity index (χ4v) is 2.19. The topological polar surface area (TPSA) is 21.3 Å². The monoisotopic (exact) mass is 277 g/mol. The van der Waals surface area contributed by atoms with Crippen LogP contribution in [0.4, 0.5) is 0 Å². The molecule has 0 heterocycles. The van der Waals surface area contributed by atoms with Gasteiger partial charge in [-0.15, -0.1) is 0 Å². The summed E-state index contributed by atoms with van der Waals surface area (Å²) < 4.78 is 6.11. The Morgan fingerprint density at radius 1 is 1.15 bits per heavy atom. The van der Waals surface area contributed by atoms with Gasteiger partial charge >= 0.3 is 0 Å². The summed E-state index contributed by atoms with van der Waals surface area (Å²) in [6, 6.07) is 6.57. The Labute approximate surface area is 124 Å². The van der Waals surface area contributed by atoms with Crippen molar-refractivity contribution < 1.29 is 4.74 Å². The number of benzene rings is 1. The summed E-state index contributed by atoms with van der Waals surface area (Å²) in [5.41, 5.74) is 2.58. The van der Waals surface area contributed by atoms with Crippen LogP contribution in [0.25, 0.3) is 0 Å². The van der Waals surface area contributed by atoms with Crippen LogP contribution in [0.15, 0.2) is 18.2 Å². The third-order valence-electron chi connectivity index (χ3n) is 3.60. The molecule has 1 rings (SSSR count). The fraction of sp³-hybridized carbons (Fsp3) is 0.667. The maximum absolute atomic E-state index is 6.11. The highest BCUT2D eigenvalue weighted by Gasteiger charge is 2.08. The van der Waals surface area contributed by atoms with Crippen LogP contribution < -0.4 is 10.1 Å². The summed E-state index contributed by atoms with van der Waals surface area (Å²) in [6.07, 6.45) is 3.75. The Morgan fingerprint density at radius 3 is 2.55 bits per heavy atom. The lowest BCUT2D eigenvalue weighted by atomic mass is 10.0. The molecule has 0 radical (unpaired) electrons. The predicted molar refractivity (Wildman–Crippen MR) is 87.8 cm³/mol. The van der Waals surface area contributed by atoms with Gasteiger partial charge < -0.3 is 10.1 Å². The van der Waals surface area contributed by atoms with E-state index in [4.69, 9.17) is 4.74 Å². The van der Waals surface area contributed by atoms with E-state index in [0.717, 1.165) is 25.3 Å². The third kappa shape index (κ3) is 5.96. The number of hydrogen-bond acceptors (Lipinski definition) is 2. The molecule has 20 heavy (non-hydrogen) atoms. The first-order valence-corrected chi connectivity index (χ1v) is 8.02. The van der Waals surface area contributed by atoms with Gasteiger partial charge in [0.1, 0.15) is 5.75 Å². The van der Waals surface area contributed by atoms with E-state index in [1.807, 2.05) is 0 Å². The number of aryl methyl sites for hydroxylation is 1. The standard InChI is InChI=1S/C18H31NO/c1-6-11-19-12-7-8-16(5)20-18-13-17(14(2)3)10-9-15(18)4/h9-10,13-14,16,19H,6-8,11-12H2,1-5H3. The molecule has 0 aliphatic carbocycles. The van der Waals surface area contributed by atoms with Gasteiger partial charge in [0.25, 0.3) is 0 Å². The van der Waals surface area contributed by atoms with Gasteiger partial charge in [-0.05, 0) is 69.3 Å². The molecule has 0 saturated carbocycles. The van der Waals surface area contributed by atoms with Crippen molar-refractivity contribution in [1.29, 1.82) is 0 Å². The molecule has 0 spiro atoms. The first-order chi connectivity index (χ1) is 9.54. The van der Waals surface area contributed by atoms with Crippen LogP contribution in [0.3, 0.4) is 0 Å². The van der Waals surface area contributed by atoms with Crippen LogP contribution in [-0.4, -0.2) is 19.2 Å². The molecule has 1 N–H and O–H groups in total. The van der Waals surface area contributed by atoms with E-state index < -0.39 is 0 Å². The molecule has 0 aromatic heterocycles. The van der Waals surface area contributed by atoms with Crippen LogP contribution >= 0.6 is 0 Å². The maximum Gasteiger partial charge on any atom is 0.122 e. The van der Waals surface area contributed by atoms with Crippen LogP contribution in [0.1, 0.15) is 64.0 Å². The summed E-state index contributed by atoms with van der Waals surface area (Å²) in [5.74, 6) is 1.59. The van der Waals surface area contributed by atoms with Crippen LogP contribution in [0.5, 0.6) is 5.75 Å². The first kappa shape index (κ1) is 17.0. The van der Waals surface area contributed by atoms with Crippen molar-refractivity contribution in [2.75, 3.05) is 13.1 Å². The molecule has 0 amide bonds. The van der Waals surface area contributed by atoms with Crippen molar-refractivity contribution in [3.8, 4) is 5.75 Å². The first-order valence-electron chi connectivity index (χ1n) is 8.02. The van der Waals surface area contributed by atoms with Crippen molar-refractivity contribution >= 4 is 0 Å². The lowest BCUT2D eigenvalue weighted by Crippen LogP contribution is -2.19. The Kier molecular flexibility index (Phi) is 7.68. The Hall–Kier alpha value is -1.02. The molecule has 2 nitrogen and oxygen atoms in total. The highest BCUT2D eigenvalue weighted by Crippen LogP contribution is 2.25. The Bertz CT molecular complexity index is 387. The van der Waals surface area contributed by atoms with Gasteiger partial charge in [0.05, 0.1) is 6.10 Å². The van der Waals surface area contributed by atoms with Crippen molar-refractivity contribution in [3.05, 3.63) is 29.3 Å². The summed E-state index contributed by atoms with van der Waals surface area (Å²) in [6.45, 7) is 13.1. The zero-order valence-electron chi connectivity index (χ0n) is 13.8. The van der Waals surface area contributed by atoms with E-state index >= 15 is 0 Å².